The van der Waals surface area contributed by atoms with Crippen LogP contribution in [-0.2, 0) is 6.54 Å². The van der Waals surface area contributed by atoms with Gasteiger partial charge < -0.3 is 24.0 Å². The van der Waals surface area contributed by atoms with Crippen LogP contribution in [0.3, 0.4) is 0 Å². The Hall–Kier alpha value is -2.70. The molecule has 2 aromatic heterocycles. The first kappa shape index (κ1) is 16.2. The van der Waals surface area contributed by atoms with Gasteiger partial charge in [-0.15, -0.1) is 0 Å². The second-order valence-corrected chi connectivity index (χ2v) is 5.56. The molecule has 7 nitrogen and oxygen atoms in total. The van der Waals surface area contributed by atoms with E-state index in [1.807, 2.05) is 17.9 Å². The number of carbonyl (C=O) groups is 1. The predicted molar refractivity (Wildman–Crippen MR) is 89.7 cm³/mol. The van der Waals surface area contributed by atoms with Crippen LogP contribution in [0.2, 0.25) is 0 Å². The van der Waals surface area contributed by atoms with Gasteiger partial charge in [-0.1, -0.05) is 0 Å². The maximum Gasteiger partial charge on any atom is 0.289 e. The number of nitrogens with one attached hydrogen (secondary N) is 1. The third-order valence-electron chi connectivity index (χ3n) is 3.92. The van der Waals surface area contributed by atoms with E-state index in [1.54, 1.807) is 24.7 Å². The largest absolute Gasteiger partial charge is 0.472 e. The van der Waals surface area contributed by atoms with Gasteiger partial charge in [-0.25, -0.2) is 4.99 Å². The summed E-state index contributed by atoms with van der Waals surface area (Å²) in [6, 6.07) is 5.34. The minimum Gasteiger partial charge on any atom is -0.472 e. The second-order valence-electron chi connectivity index (χ2n) is 5.56. The van der Waals surface area contributed by atoms with Gasteiger partial charge in [0.25, 0.3) is 5.91 Å². The van der Waals surface area contributed by atoms with Crippen molar-refractivity contribution in [3.63, 3.8) is 0 Å². The number of nitrogens with zero attached hydrogens (tertiary/aromatic N) is 3. The van der Waals surface area contributed by atoms with Crippen molar-refractivity contribution >= 4 is 11.9 Å². The molecule has 3 rings (SSSR count). The van der Waals surface area contributed by atoms with Gasteiger partial charge in [0.05, 0.1) is 25.3 Å². The van der Waals surface area contributed by atoms with E-state index in [0.717, 1.165) is 31.2 Å². The molecule has 0 unspecified atom stereocenters. The third-order valence-corrected chi connectivity index (χ3v) is 3.92. The number of carbonyl (C=O) groups excluding carboxylic acids is 1. The van der Waals surface area contributed by atoms with Crippen molar-refractivity contribution in [2.24, 2.45) is 4.99 Å². The molecule has 7 heteroatoms. The van der Waals surface area contributed by atoms with Crippen LogP contribution in [0.1, 0.15) is 23.0 Å². The molecule has 0 atom stereocenters. The molecule has 1 aliphatic heterocycles. The Kier molecular flexibility index (Phi) is 5.20. The normalized spacial score (nSPS) is 15.6. The van der Waals surface area contributed by atoms with Gasteiger partial charge in [-0.05, 0) is 25.1 Å². The van der Waals surface area contributed by atoms with Crippen LogP contribution in [0.15, 0.2) is 50.8 Å². The van der Waals surface area contributed by atoms with Gasteiger partial charge in [-0.2, -0.15) is 0 Å². The van der Waals surface area contributed by atoms with E-state index in [-0.39, 0.29) is 5.91 Å². The highest BCUT2D eigenvalue weighted by molar-refractivity contribution is 5.91. The van der Waals surface area contributed by atoms with Crippen molar-refractivity contribution in [1.29, 1.82) is 0 Å². The molecule has 1 saturated heterocycles. The topological polar surface area (TPSA) is 74.2 Å². The van der Waals surface area contributed by atoms with E-state index in [2.05, 4.69) is 15.2 Å². The number of piperazine rings is 1. The van der Waals surface area contributed by atoms with Gasteiger partial charge >= 0.3 is 0 Å². The third kappa shape index (κ3) is 3.79. The molecule has 2 aromatic rings. The fourth-order valence-electron chi connectivity index (χ4n) is 2.65. The Morgan fingerprint density at radius 2 is 2.00 bits per heavy atom. The molecule has 1 amide bonds. The number of aliphatic imine (C=N–C) groups is 1. The van der Waals surface area contributed by atoms with Crippen molar-refractivity contribution in [2.75, 3.05) is 32.7 Å². The highest BCUT2D eigenvalue weighted by Crippen LogP contribution is 2.10. The van der Waals surface area contributed by atoms with Gasteiger partial charge in [0.1, 0.15) is 0 Å². The van der Waals surface area contributed by atoms with E-state index in [4.69, 9.17) is 8.83 Å². The SMILES string of the molecule is CCNC(=NCc1ccoc1)N1CCN(C(=O)c2ccco2)CC1. The molecule has 0 spiro atoms. The lowest BCUT2D eigenvalue weighted by atomic mass is 10.3. The zero-order chi connectivity index (χ0) is 16.8. The van der Waals surface area contributed by atoms with Crippen LogP contribution >= 0.6 is 0 Å². The Morgan fingerprint density at radius 1 is 1.21 bits per heavy atom. The predicted octanol–water partition coefficient (Wildman–Crippen LogP) is 1.80. The van der Waals surface area contributed by atoms with Gasteiger partial charge in [0.15, 0.2) is 11.7 Å². The summed E-state index contributed by atoms with van der Waals surface area (Å²) < 4.78 is 10.3. The zero-order valence-corrected chi connectivity index (χ0v) is 13.8. The average Bonchev–Trinajstić information content (AvgIpc) is 3.31. The quantitative estimate of drug-likeness (QED) is 0.683. The number of rotatable bonds is 4. The van der Waals surface area contributed by atoms with Gasteiger partial charge in [0.2, 0.25) is 0 Å². The molecule has 0 aromatic carbocycles. The smallest absolute Gasteiger partial charge is 0.289 e. The molecule has 0 saturated carbocycles. The average molecular weight is 330 g/mol. The minimum atomic E-state index is -0.0556. The molecule has 1 fully saturated rings. The monoisotopic (exact) mass is 330 g/mol. The lowest BCUT2D eigenvalue weighted by molar-refractivity contribution is 0.0657. The Morgan fingerprint density at radius 3 is 2.62 bits per heavy atom. The van der Waals surface area contributed by atoms with Crippen molar-refractivity contribution in [1.82, 2.24) is 15.1 Å². The van der Waals surface area contributed by atoms with Gasteiger partial charge in [-0.3, -0.25) is 4.79 Å². The van der Waals surface area contributed by atoms with Gasteiger partial charge in [0, 0.05) is 38.3 Å². The number of hydrogen-bond acceptors (Lipinski definition) is 4. The summed E-state index contributed by atoms with van der Waals surface area (Å²) in [5.41, 5.74) is 1.04. The van der Waals surface area contributed by atoms with Crippen LogP contribution < -0.4 is 5.32 Å². The Bertz CT molecular complexity index is 656. The molecule has 0 radical (unpaired) electrons. The number of furan rings is 2. The lowest BCUT2D eigenvalue weighted by Gasteiger charge is -2.36. The Labute approximate surface area is 140 Å². The summed E-state index contributed by atoms with van der Waals surface area (Å²) in [7, 11) is 0. The maximum atomic E-state index is 12.3. The fraction of sp³-hybridized carbons (Fsp3) is 0.412. The maximum absolute atomic E-state index is 12.3. The standard InChI is InChI=1S/C17H22N4O3/c1-2-18-17(19-12-14-5-11-23-13-14)21-8-6-20(7-9-21)16(22)15-4-3-10-24-15/h3-5,10-11,13H,2,6-9,12H2,1H3,(H,18,19). The highest BCUT2D eigenvalue weighted by Gasteiger charge is 2.25. The van der Waals surface area contributed by atoms with E-state index < -0.39 is 0 Å². The molecular weight excluding hydrogens is 308 g/mol. The summed E-state index contributed by atoms with van der Waals surface area (Å²) in [6.07, 6.45) is 4.87. The first-order valence-corrected chi connectivity index (χ1v) is 8.15. The first-order chi connectivity index (χ1) is 11.8. The van der Waals surface area contributed by atoms with Crippen LogP contribution in [0.5, 0.6) is 0 Å². The van der Waals surface area contributed by atoms with E-state index in [1.165, 1.54) is 6.26 Å². The molecule has 0 bridgehead atoms. The molecule has 0 aliphatic carbocycles. The van der Waals surface area contributed by atoms with Crippen LogP contribution in [-0.4, -0.2) is 54.4 Å². The minimum absolute atomic E-state index is 0.0556. The first-order valence-electron chi connectivity index (χ1n) is 8.15. The number of hydrogen-bond donors (Lipinski definition) is 1. The fourth-order valence-corrected chi connectivity index (χ4v) is 2.65. The van der Waals surface area contributed by atoms with E-state index in [0.29, 0.717) is 25.4 Å². The summed E-state index contributed by atoms with van der Waals surface area (Å²) >= 11 is 0. The van der Waals surface area contributed by atoms with Crippen molar-refractivity contribution < 1.29 is 13.6 Å². The lowest BCUT2D eigenvalue weighted by Crippen LogP contribution is -2.53. The highest BCUT2D eigenvalue weighted by atomic mass is 16.3. The van der Waals surface area contributed by atoms with E-state index >= 15 is 0 Å². The summed E-state index contributed by atoms with van der Waals surface area (Å²) in [5.74, 6) is 1.20. The number of guanidine groups is 1. The Balaban J connectivity index is 1.58. The van der Waals surface area contributed by atoms with Crippen LogP contribution in [0.4, 0.5) is 0 Å². The molecular formula is C17H22N4O3. The molecule has 128 valence electrons. The molecule has 1 N–H and O–H groups in total. The molecule has 3 heterocycles. The molecule has 24 heavy (non-hydrogen) atoms. The zero-order valence-electron chi connectivity index (χ0n) is 13.8. The van der Waals surface area contributed by atoms with Crippen LogP contribution in [0, 0.1) is 0 Å². The van der Waals surface area contributed by atoms with Crippen molar-refractivity contribution in [3.8, 4) is 0 Å². The number of amides is 1. The summed E-state index contributed by atoms with van der Waals surface area (Å²) in [5, 5.41) is 3.31. The van der Waals surface area contributed by atoms with Crippen LogP contribution in [0.25, 0.3) is 0 Å². The summed E-state index contributed by atoms with van der Waals surface area (Å²) in [6.45, 7) is 6.20. The van der Waals surface area contributed by atoms with Crippen molar-refractivity contribution in [3.05, 3.63) is 48.3 Å². The summed E-state index contributed by atoms with van der Waals surface area (Å²) in [4.78, 5) is 20.9. The van der Waals surface area contributed by atoms with E-state index in [9.17, 15) is 4.79 Å². The molecule has 1 aliphatic rings. The van der Waals surface area contributed by atoms with Crippen molar-refractivity contribution in [2.45, 2.75) is 13.5 Å². The second kappa shape index (κ2) is 7.72.